The van der Waals surface area contributed by atoms with Crippen LogP contribution in [-0.2, 0) is 16.1 Å². The van der Waals surface area contributed by atoms with Crippen molar-refractivity contribution in [2.24, 2.45) is 11.8 Å². The van der Waals surface area contributed by atoms with Crippen LogP contribution in [0.2, 0.25) is 0 Å². The molecule has 0 saturated heterocycles. The Kier molecular flexibility index (Phi) is 6.47. The van der Waals surface area contributed by atoms with E-state index < -0.39 is 0 Å². The molecule has 142 valence electrons. The van der Waals surface area contributed by atoms with Gasteiger partial charge in [-0.2, -0.15) is 0 Å². The summed E-state index contributed by atoms with van der Waals surface area (Å²) in [5.74, 6) is 1.28. The van der Waals surface area contributed by atoms with E-state index >= 15 is 0 Å². The first kappa shape index (κ1) is 18.7. The molecule has 2 amide bonds. The van der Waals surface area contributed by atoms with Gasteiger partial charge in [-0.25, -0.2) is 4.98 Å². The fourth-order valence-electron chi connectivity index (χ4n) is 3.39. The summed E-state index contributed by atoms with van der Waals surface area (Å²) < 4.78 is 5.96. The third kappa shape index (κ3) is 5.71. The summed E-state index contributed by atoms with van der Waals surface area (Å²) in [4.78, 5) is 27.9. The lowest BCUT2D eigenvalue weighted by molar-refractivity contribution is -0.123. The van der Waals surface area contributed by atoms with Crippen molar-refractivity contribution in [1.29, 1.82) is 0 Å². The second kappa shape index (κ2) is 9.01. The van der Waals surface area contributed by atoms with E-state index in [1.54, 1.807) is 6.20 Å². The van der Waals surface area contributed by atoms with Gasteiger partial charge in [-0.05, 0) is 49.7 Å². The molecular weight excluding hydrogens is 330 g/mol. The van der Waals surface area contributed by atoms with Crippen LogP contribution in [0.15, 0.2) is 18.3 Å². The molecule has 26 heavy (non-hydrogen) atoms. The number of carbonyl (C=O) groups is 2. The van der Waals surface area contributed by atoms with Gasteiger partial charge < -0.3 is 15.4 Å². The highest BCUT2D eigenvalue weighted by molar-refractivity contribution is 5.82. The second-order valence-corrected chi connectivity index (χ2v) is 7.52. The first-order valence-corrected chi connectivity index (χ1v) is 9.78. The van der Waals surface area contributed by atoms with Crippen LogP contribution in [0.5, 0.6) is 5.88 Å². The maximum absolute atomic E-state index is 11.9. The molecule has 2 aliphatic carbocycles. The van der Waals surface area contributed by atoms with Crippen LogP contribution >= 0.6 is 0 Å². The Hall–Kier alpha value is -2.11. The minimum Gasteiger partial charge on any atom is -0.474 e. The van der Waals surface area contributed by atoms with Crippen LogP contribution in [0.3, 0.4) is 0 Å². The zero-order valence-electron chi connectivity index (χ0n) is 15.5. The molecule has 2 atom stereocenters. The molecule has 6 nitrogen and oxygen atoms in total. The van der Waals surface area contributed by atoms with Crippen molar-refractivity contribution in [2.45, 2.75) is 64.5 Å². The second-order valence-electron chi connectivity index (χ2n) is 7.52. The van der Waals surface area contributed by atoms with E-state index in [0.29, 0.717) is 31.3 Å². The van der Waals surface area contributed by atoms with E-state index in [0.717, 1.165) is 24.8 Å². The van der Waals surface area contributed by atoms with Crippen molar-refractivity contribution in [1.82, 2.24) is 15.6 Å². The molecule has 0 bridgehead atoms. The SMILES string of the molecule is C[C@@H]1C[C@@H]1C(=O)NCCC(=O)NCc1ccnc(OC2CCCCC2)c1. The third-order valence-corrected chi connectivity index (χ3v) is 5.23. The van der Waals surface area contributed by atoms with E-state index in [9.17, 15) is 9.59 Å². The number of pyridine rings is 1. The summed E-state index contributed by atoms with van der Waals surface area (Å²) in [7, 11) is 0. The van der Waals surface area contributed by atoms with Gasteiger partial charge >= 0.3 is 0 Å². The lowest BCUT2D eigenvalue weighted by Crippen LogP contribution is -2.31. The number of aromatic nitrogens is 1. The molecule has 2 saturated carbocycles. The first-order chi connectivity index (χ1) is 12.6. The molecule has 1 aromatic rings. The number of hydrogen-bond donors (Lipinski definition) is 2. The molecule has 3 rings (SSSR count). The van der Waals surface area contributed by atoms with Crippen LogP contribution in [0.4, 0.5) is 0 Å². The Bertz CT molecular complexity index is 628. The van der Waals surface area contributed by atoms with E-state index in [-0.39, 0.29) is 23.8 Å². The van der Waals surface area contributed by atoms with Crippen molar-refractivity contribution in [2.75, 3.05) is 6.54 Å². The third-order valence-electron chi connectivity index (χ3n) is 5.23. The quantitative estimate of drug-likeness (QED) is 0.748. The summed E-state index contributed by atoms with van der Waals surface area (Å²) in [6, 6.07) is 3.77. The highest BCUT2D eigenvalue weighted by atomic mass is 16.5. The van der Waals surface area contributed by atoms with Gasteiger partial charge in [-0.3, -0.25) is 9.59 Å². The molecule has 0 radical (unpaired) electrons. The van der Waals surface area contributed by atoms with Gasteiger partial charge in [0.05, 0.1) is 0 Å². The smallest absolute Gasteiger partial charge is 0.223 e. The fraction of sp³-hybridized carbons (Fsp3) is 0.650. The number of nitrogens with zero attached hydrogens (tertiary/aromatic N) is 1. The number of hydrogen-bond acceptors (Lipinski definition) is 4. The summed E-state index contributed by atoms with van der Waals surface area (Å²) in [5, 5.41) is 5.71. The van der Waals surface area contributed by atoms with Crippen molar-refractivity contribution in [3.8, 4) is 5.88 Å². The van der Waals surface area contributed by atoms with Gasteiger partial charge in [-0.1, -0.05) is 13.3 Å². The Morgan fingerprint density at radius 3 is 2.73 bits per heavy atom. The highest BCUT2D eigenvalue weighted by Gasteiger charge is 2.38. The molecule has 1 aromatic heterocycles. The molecule has 0 spiro atoms. The van der Waals surface area contributed by atoms with Gasteiger partial charge in [0.1, 0.15) is 6.10 Å². The number of ether oxygens (including phenoxy) is 1. The van der Waals surface area contributed by atoms with Crippen LogP contribution in [0.25, 0.3) is 0 Å². The zero-order chi connectivity index (χ0) is 18.4. The van der Waals surface area contributed by atoms with E-state index in [4.69, 9.17) is 4.74 Å². The summed E-state index contributed by atoms with van der Waals surface area (Å²) >= 11 is 0. The molecule has 0 unspecified atom stereocenters. The molecule has 2 fully saturated rings. The van der Waals surface area contributed by atoms with E-state index in [1.165, 1.54) is 19.3 Å². The van der Waals surface area contributed by atoms with Crippen molar-refractivity contribution >= 4 is 11.8 Å². The lowest BCUT2D eigenvalue weighted by Gasteiger charge is -2.22. The van der Waals surface area contributed by atoms with Crippen LogP contribution < -0.4 is 15.4 Å². The van der Waals surface area contributed by atoms with Gasteiger partial charge in [0.15, 0.2) is 0 Å². The Labute approximate surface area is 155 Å². The van der Waals surface area contributed by atoms with Crippen LogP contribution in [0.1, 0.15) is 57.4 Å². The van der Waals surface area contributed by atoms with Crippen LogP contribution in [-0.4, -0.2) is 29.4 Å². The van der Waals surface area contributed by atoms with E-state index in [2.05, 4.69) is 22.5 Å². The van der Waals surface area contributed by atoms with Crippen molar-refractivity contribution < 1.29 is 14.3 Å². The Balaban J connectivity index is 1.36. The summed E-state index contributed by atoms with van der Waals surface area (Å²) in [5.41, 5.74) is 0.968. The van der Waals surface area contributed by atoms with Gasteiger partial charge in [0.2, 0.25) is 17.7 Å². The van der Waals surface area contributed by atoms with Crippen molar-refractivity contribution in [3.05, 3.63) is 23.9 Å². The average molecular weight is 359 g/mol. The molecule has 0 aromatic carbocycles. The normalized spacial score (nSPS) is 22.5. The van der Waals surface area contributed by atoms with Gasteiger partial charge in [-0.15, -0.1) is 0 Å². The van der Waals surface area contributed by atoms with Crippen molar-refractivity contribution in [3.63, 3.8) is 0 Å². The number of nitrogens with one attached hydrogen (secondary N) is 2. The lowest BCUT2D eigenvalue weighted by atomic mass is 9.98. The van der Waals surface area contributed by atoms with Gasteiger partial charge in [0, 0.05) is 37.7 Å². The number of carbonyl (C=O) groups excluding carboxylic acids is 2. The highest BCUT2D eigenvalue weighted by Crippen LogP contribution is 2.37. The molecule has 0 aliphatic heterocycles. The summed E-state index contributed by atoms with van der Waals surface area (Å²) in [6.07, 6.45) is 9.15. The molecule has 2 N–H and O–H groups in total. The number of amides is 2. The predicted molar refractivity (Wildman–Crippen MR) is 98.5 cm³/mol. The van der Waals surface area contributed by atoms with E-state index in [1.807, 2.05) is 12.1 Å². The van der Waals surface area contributed by atoms with Gasteiger partial charge in [0.25, 0.3) is 0 Å². The minimum atomic E-state index is -0.0688. The van der Waals surface area contributed by atoms with Crippen LogP contribution in [0, 0.1) is 11.8 Å². The fourth-order valence-corrected chi connectivity index (χ4v) is 3.39. The minimum absolute atomic E-state index is 0.0688. The largest absolute Gasteiger partial charge is 0.474 e. The first-order valence-electron chi connectivity index (χ1n) is 9.78. The molecular formula is C20H29N3O3. The maximum Gasteiger partial charge on any atom is 0.223 e. The Morgan fingerprint density at radius 1 is 1.23 bits per heavy atom. The standard InChI is InChI=1S/C20H29N3O3/c1-14-11-17(14)20(25)22-10-8-18(24)23-13-15-7-9-21-19(12-15)26-16-5-3-2-4-6-16/h7,9,12,14,16-17H,2-6,8,10-11,13H2,1H3,(H,22,25)(H,23,24)/t14-,17+/m1/s1. The Morgan fingerprint density at radius 2 is 2.00 bits per heavy atom. The molecule has 1 heterocycles. The average Bonchev–Trinajstić information content (AvgIpc) is 3.38. The maximum atomic E-state index is 11.9. The number of rotatable bonds is 8. The predicted octanol–water partition coefficient (Wildman–Crippen LogP) is 2.57. The molecule has 6 heteroatoms. The summed E-state index contributed by atoms with van der Waals surface area (Å²) in [6.45, 7) is 2.90. The zero-order valence-corrected chi connectivity index (χ0v) is 15.5. The topological polar surface area (TPSA) is 80.3 Å². The monoisotopic (exact) mass is 359 g/mol. The molecule has 2 aliphatic rings.